The van der Waals surface area contributed by atoms with Crippen molar-refractivity contribution in [3.63, 3.8) is 0 Å². The van der Waals surface area contributed by atoms with Gasteiger partial charge in [0.25, 0.3) is 0 Å². The van der Waals surface area contributed by atoms with E-state index in [1.807, 2.05) is 25.1 Å². The smallest absolute Gasteiger partial charge is 0.338 e. The van der Waals surface area contributed by atoms with E-state index in [1.54, 1.807) is 12.1 Å². The molecule has 0 radical (unpaired) electrons. The van der Waals surface area contributed by atoms with Crippen LogP contribution in [0.4, 0.5) is 0 Å². The van der Waals surface area contributed by atoms with E-state index in [4.69, 9.17) is 4.74 Å². The first-order valence-electron chi connectivity index (χ1n) is 7.11. The molecule has 0 saturated heterocycles. The van der Waals surface area contributed by atoms with E-state index in [0.717, 1.165) is 25.7 Å². The third kappa shape index (κ3) is 5.88. The van der Waals surface area contributed by atoms with Gasteiger partial charge in [0.05, 0.1) is 11.7 Å². The molecule has 0 aromatic heterocycles. The van der Waals surface area contributed by atoms with E-state index in [9.17, 15) is 9.90 Å². The van der Waals surface area contributed by atoms with Crippen LogP contribution in [0.25, 0.3) is 0 Å². The van der Waals surface area contributed by atoms with Crippen molar-refractivity contribution in [1.29, 1.82) is 0 Å². The van der Waals surface area contributed by atoms with Crippen LogP contribution in [0.1, 0.15) is 56.3 Å². The lowest BCUT2D eigenvalue weighted by molar-refractivity contribution is 0.0110. The highest BCUT2D eigenvalue weighted by atomic mass is 16.5. The van der Waals surface area contributed by atoms with Crippen molar-refractivity contribution >= 4 is 5.97 Å². The number of aliphatic hydroxyl groups is 1. The van der Waals surface area contributed by atoms with Crippen molar-refractivity contribution in [2.45, 2.75) is 58.2 Å². The van der Waals surface area contributed by atoms with E-state index in [1.165, 1.54) is 0 Å². The quantitative estimate of drug-likeness (QED) is 0.730. The summed E-state index contributed by atoms with van der Waals surface area (Å²) < 4.78 is 5.50. The summed E-state index contributed by atoms with van der Waals surface area (Å²) in [5.41, 5.74) is 0.564. The van der Waals surface area contributed by atoms with Crippen LogP contribution in [-0.4, -0.2) is 23.3 Å². The van der Waals surface area contributed by atoms with Gasteiger partial charge >= 0.3 is 5.97 Å². The maximum Gasteiger partial charge on any atom is 0.338 e. The first-order valence-corrected chi connectivity index (χ1v) is 7.11. The zero-order chi connectivity index (χ0) is 14.1. The molecule has 3 heteroatoms. The molecular formula is C16H24O3. The molecule has 3 nitrogen and oxygen atoms in total. The molecule has 0 aliphatic carbocycles. The van der Waals surface area contributed by atoms with Crippen molar-refractivity contribution in [2.24, 2.45) is 0 Å². The summed E-state index contributed by atoms with van der Waals surface area (Å²) in [6, 6.07) is 8.99. The van der Waals surface area contributed by atoms with Gasteiger partial charge in [0.2, 0.25) is 0 Å². The zero-order valence-electron chi connectivity index (χ0n) is 11.8. The van der Waals surface area contributed by atoms with Crippen LogP contribution in [0.3, 0.4) is 0 Å². The molecule has 0 amide bonds. The van der Waals surface area contributed by atoms with Gasteiger partial charge in [-0.15, -0.1) is 0 Å². The molecule has 2 unspecified atom stereocenters. The largest absolute Gasteiger partial charge is 0.459 e. The Balaban J connectivity index is 2.55. The van der Waals surface area contributed by atoms with Crippen molar-refractivity contribution in [3.8, 4) is 0 Å². The fourth-order valence-electron chi connectivity index (χ4n) is 2.10. The van der Waals surface area contributed by atoms with Crippen LogP contribution in [0, 0.1) is 0 Å². The van der Waals surface area contributed by atoms with Crippen LogP contribution in [-0.2, 0) is 4.74 Å². The molecule has 1 aromatic carbocycles. The monoisotopic (exact) mass is 264 g/mol. The number of ether oxygens (including phenoxy) is 1. The van der Waals surface area contributed by atoms with Gasteiger partial charge in [0.15, 0.2) is 0 Å². The van der Waals surface area contributed by atoms with Gasteiger partial charge in [0, 0.05) is 6.42 Å². The minimum absolute atomic E-state index is 0.195. The Hall–Kier alpha value is -1.35. The second kappa shape index (κ2) is 8.70. The van der Waals surface area contributed by atoms with Crippen molar-refractivity contribution < 1.29 is 14.6 Å². The van der Waals surface area contributed by atoms with Crippen LogP contribution in [0.15, 0.2) is 30.3 Å². The summed E-state index contributed by atoms with van der Waals surface area (Å²) in [5.74, 6) is -0.303. The second-order valence-electron chi connectivity index (χ2n) is 4.86. The molecule has 2 atom stereocenters. The molecule has 0 bridgehead atoms. The number of carbonyl (C=O) groups excluding carboxylic acids is 1. The van der Waals surface area contributed by atoms with Crippen LogP contribution in [0.2, 0.25) is 0 Å². The lowest BCUT2D eigenvalue weighted by Gasteiger charge is -2.20. The standard InChI is InChI=1S/C16H24O3/c1-3-8-14(17)12-15(9-4-2)19-16(18)13-10-6-5-7-11-13/h5-7,10-11,14-15,17H,3-4,8-9,12H2,1-2H3. The molecular weight excluding hydrogens is 240 g/mol. The molecule has 0 spiro atoms. The lowest BCUT2D eigenvalue weighted by atomic mass is 10.0. The summed E-state index contributed by atoms with van der Waals surface area (Å²) in [4.78, 5) is 12.0. The Kier molecular flexibility index (Phi) is 7.19. The first-order chi connectivity index (χ1) is 9.17. The summed E-state index contributed by atoms with van der Waals surface area (Å²) in [6.45, 7) is 4.09. The Labute approximate surface area is 115 Å². The van der Waals surface area contributed by atoms with Crippen molar-refractivity contribution in [3.05, 3.63) is 35.9 Å². The lowest BCUT2D eigenvalue weighted by Crippen LogP contribution is -2.24. The van der Waals surface area contributed by atoms with Crippen LogP contribution >= 0.6 is 0 Å². The third-order valence-electron chi connectivity index (χ3n) is 3.05. The highest BCUT2D eigenvalue weighted by Crippen LogP contribution is 2.15. The molecule has 0 aliphatic rings. The fourth-order valence-corrected chi connectivity index (χ4v) is 2.10. The molecule has 0 fully saturated rings. The number of aliphatic hydroxyl groups excluding tert-OH is 1. The van der Waals surface area contributed by atoms with Crippen LogP contribution < -0.4 is 0 Å². The molecule has 0 aliphatic heterocycles. The van der Waals surface area contributed by atoms with E-state index in [0.29, 0.717) is 12.0 Å². The summed E-state index contributed by atoms with van der Waals surface area (Å²) in [5, 5.41) is 9.84. The molecule has 1 rings (SSSR count). The van der Waals surface area contributed by atoms with Gasteiger partial charge in [-0.25, -0.2) is 4.79 Å². The highest BCUT2D eigenvalue weighted by molar-refractivity contribution is 5.89. The van der Waals surface area contributed by atoms with Gasteiger partial charge in [0.1, 0.15) is 6.10 Å². The number of carbonyl (C=O) groups is 1. The van der Waals surface area contributed by atoms with Gasteiger partial charge in [-0.3, -0.25) is 0 Å². The minimum atomic E-state index is -0.384. The Bertz CT molecular complexity index is 362. The number of esters is 1. The number of hydrogen-bond donors (Lipinski definition) is 1. The third-order valence-corrected chi connectivity index (χ3v) is 3.05. The Morgan fingerprint density at radius 3 is 2.37 bits per heavy atom. The van der Waals surface area contributed by atoms with Crippen LogP contribution in [0.5, 0.6) is 0 Å². The Morgan fingerprint density at radius 1 is 1.16 bits per heavy atom. The van der Waals surface area contributed by atoms with Crippen molar-refractivity contribution in [1.82, 2.24) is 0 Å². The Morgan fingerprint density at radius 2 is 1.79 bits per heavy atom. The molecule has 1 aromatic rings. The van der Waals surface area contributed by atoms with Gasteiger partial charge in [-0.1, -0.05) is 44.9 Å². The molecule has 0 heterocycles. The number of benzene rings is 1. The first kappa shape index (κ1) is 15.7. The summed E-state index contributed by atoms with van der Waals surface area (Å²) in [6.07, 6.45) is 3.37. The van der Waals surface area contributed by atoms with Gasteiger partial charge in [-0.05, 0) is 25.0 Å². The maximum atomic E-state index is 12.0. The molecule has 106 valence electrons. The van der Waals surface area contributed by atoms with Gasteiger partial charge in [-0.2, -0.15) is 0 Å². The average Bonchev–Trinajstić information content (AvgIpc) is 2.40. The molecule has 0 saturated carbocycles. The van der Waals surface area contributed by atoms with Crippen molar-refractivity contribution in [2.75, 3.05) is 0 Å². The fraction of sp³-hybridized carbons (Fsp3) is 0.562. The maximum absolute atomic E-state index is 12.0. The minimum Gasteiger partial charge on any atom is -0.459 e. The van der Waals surface area contributed by atoms with E-state index in [2.05, 4.69) is 6.92 Å². The van der Waals surface area contributed by atoms with E-state index in [-0.39, 0.29) is 18.2 Å². The average molecular weight is 264 g/mol. The predicted molar refractivity (Wildman–Crippen MR) is 76.1 cm³/mol. The topological polar surface area (TPSA) is 46.5 Å². The number of hydrogen-bond acceptors (Lipinski definition) is 3. The summed E-state index contributed by atoms with van der Waals surface area (Å²) >= 11 is 0. The predicted octanol–water partition coefficient (Wildman–Crippen LogP) is 3.56. The number of rotatable bonds is 8. The van der Waals surface area contributed by atoms with E-state index < -0.39 is 0 Å². The SMILES string of the molecule is CCCC(O)CC(CCC)OC(=O)c1ccccc1. The van der Waals surface area contributed by atoms with Gasteiger partial charge < -0.3 is 9.84 Å². The highest BCUT2D eigenvalue weighted by Gasteiger charge is 2.18. The molecule has 19 heavy (non-hydrogen) atoms. The van der Waals surface area contributed by atoms with E-state index >= 15 is 0 Å². The zero-order valence-corrected chi connectivity index (χ0v) is 11.8. The normalized spacial score (nSPS) is 13.8. The summed E-state index contributed by atoms with van der Waals surface area (Å²) in [7, 11) is 0. The second-order valence-corrected chi connectivity index (χ2v) is 4.86. The molecule has 1 N–H and O–H groups in total.